The van der Waals surface area contributed by atoms with E-state index in [-0.39, 0.29) is 0 Å². The molecule has 1 aliphatic heterocycles. The largest absolute Gasteiger partial charge is 0.309 e. The molecule has 0 bridgehead atoms. The van der Waals surface area contributed by atoms with E-state index in [0.717, 1.165) is 11.4 Å². The van der Waals surface area contributed by atoms with Gasteiger partial charge in [0.05, 0.1) is 27.8 Å². The summed E-state index contributed by atoms with van der Waals surface area (Å²) in [6.07, 6.45) is 3.77. The van der Waals surface area contributed by atoms with E-state index >= 15 is 0 Å². The molecule has 0 N–H and O–H groups in total. The first-order chi connectivity index (χ1) is 22.3. The molecule has 0 saturated heterocycles. The zero-order chi connectivity index (χ0) is 29.5. The molecule has 1 aliphatic carbocycles. The van der Waals surface area contributed by atoms with Crippen LogP contribution in [-0.4, -0.2) is 14.5 Å². The molecular weight excluding hydrogens is 567 g/mol. The molecule has 1 spiro atoms. The number of para-hydroxylation sites is 2. The normalized spacial score (nSPS) is 13.9. The molecule has 3 aromatic heterocycles. The van der Waals surface area contributed by atoms with Crippen LogP contribution in [0.25, 0.3) is 50.0 Å². The zero-order valence-corrected chi connectivity index (χ0v) is 25.0. The van der Waals surface area contributed by atoms with E-state index in [1.165, 1.54) is 70.7 Å². The molecule has 0 saturated carbocycles. The maximum atomic E-state index is 4.90. The summed E-state index contributed by atoms with van der Waals surface area (Å²) in [6, 6.07) is 50.7. The van der Waals surface area contributed by atoms with Crippen molar-refractivity contribution in [3.05, 3.63) is 174 Å². The summed E-state index contributed by atoms with van der Waals surface area (Å²) in [6.45, 7) is 0. The third kappa shape index (κ3) is 3.27. The topological polar surface area (TPSA) is 30.7 Å². The fourth-order valence-electron chi connectivity index (χ4n) is 7.80. The Bertz CT molecular complexity index is 2430. The summed E-state index contributed by atoms with van der Waals surface area (Å²) in [5, 5.41) is 2.51. The molecule has 45 heavy (non-hydrogen) atoms. The average molecular weight is 592 g/mol. The van der Waals surface area contributed by atoms with Gasteiger partial charge in [0.15, 0.2) is 0 Å². The molecular formula is C41H25N3S. The minimum absolute atomic E-state index is 0.492. The van der Waals surface area contributed by atoms with Crippen molar-refractivity contribution in [3.8, 4) is 28.2 Å². The summed E-state index contributed by atoms with van der Waals surface area (Å²) in [4.78, 5) is 12.3. The van der Waals surface area contributed by atoms with Crippen molar-refractivity contribution in [2.24, 2.45) is 0 Å². The lowest BCUT2D eigenvalue weighted by atomic mass is 9.67. The summed E-state index contributed by atoms with van der Waals surface area (Å²) < 4.78 is 2.38. The third-order valence-electron chi connectivity index (χ3n) is 9.57. The van der Waals surface area contributed by atoms with E-state index in [9.17, 15) is 0 Å². The molecule has 4 heterocycles. The van der Waals surface area contributed by atoms with Crippen molar-refractivity contribution in [1.82, 2.24) is 14.5 Å². The van der Waals surface area contributed by atoms with E-state index in [2.05, 4.69) is 144 Å². The lowest BCUT2D eigenvalue weighted by Crippen LogP contribution is -2.32. The van der Waals surface area contributed by atoms with Gasteiger partial charge in [0.25, 0.3) is 0 Å². The molecule has 0 unspecified atom stereocenters. The van der Waals surface area contributed by atoms with Gasteiger partial charge in [-0.3, -0.25) is 9.97 Å². The van der Waals surface area contributed by atoms with E-state index in [1.807, 2.05) is 24.2 Å². The van der Waals surface area contributed by atoms with Crippen molar-refractivity contribution < 1.29 is 0 Å². The highest BCUT2D eigenvalue weighted by Gasteiger charge is 2.51. The van der Waals surface area contributed by atoms with Gasteiger partial charge >= 0.3 is 0 Å². The van der Waals surface area contributed by atoms with Crippen molar-refractivity contribution >= 4 is 33.6 Å². The van der Waals surface area contributed by atoms with Crippen LogP contribution in [-0.2, 0) is 5.41 Å². The Labute approximate surface area is 264 Å². The number of fused-ring (bicyclic) bond motifs is 12. The highest BCUT2D eigenvalue weighted by atomic mass is 32.2. The van der Waals surface area contributed by atoms with Crippen LogP contribution in [0, 0.1) is 0 Å². The minimum Gasteiger partial charge on any atom is -0.309 e. The summed E-state index contributed by atoms with van der Waals surface area (Å²) >= 11 is 1.88. The lowest BCUT2D eigenvalue weighted by Gasteiger charge is -2.39. The van der Waals surface area contributed by atoms with Crippen molar-refractivity contribution in [2.45, 2.75) is 15.2 Å². The first-order valence-electron chi connectivity index (χ1n) is 15.3. The summed E-state index contributed by atoms with van der Waals surface area (Å²) in [5.74, 6) is 0. The number of pyridine rings is 2. The predicted octanol–water partition coefficient (Wildman–Crippen LogP) is 10.1. The average Bonchev–Trinajstić information content (AvgIpc) is 3.59. The van der Waals surface area contributed by atoms with Crippen molar-refractivity contribution in [3.63, 3.8) is 0 Å². The Kier molecular flexibility index (Phi) is 5.14. The quantitative estimate of drug-likeness (QED) is 0.200. The monoisotopic (exact) mass is 591 g/mol. The third-order valence-corrected chi connectivity index (χ3v) is 10.8. The van der Waals surface area contributed by atoms with Gasteiger partial charge in [0, 0.05) is 38.6 Å². The molecule has 210 valence electrons. The summed E-state index contributed by atoms with van der Waals surface area (Å²) in [5.41, 5.74) is 12.5. The van der Waals surface area contributed by atoms with Gasteiger partial charge in [0.2, 0.25) is 0 Å². The van der Waals surface area contributed by atoms with Gasteiger partial charge < -0.3 is 4.57 Å². The number of benzene rings is 5. The first kappa shape index (κ1) is 24.9. The van der Waals surface area contributed by atoms with Gasteiger partial charge in [-0.1, -0.05) is 103 Å². The number of hydrogen-bond acceptors (Lipinski definition) is 3. The van der Waals surface area contributed by atoms with Gasteiger partial charge in [-0.05, 0) is 81.9 Å². The Balaban J connectivity index is 1.27. The van der Waals surface area contributed by atoms with Gasteiger partial charge in [-0.15, -0.1) is 0 Å². The van der Waals surface area contributed by atoms with E-state index < -0.39 is 5.41 Å². The molecule has 3 nitrogen and oxygen atoms in total. The molecule has 4 heteroatoms. The molecule has 0 radical (unpaired) electrons. The molecule has 10 rings (SSSR count). The molecule has 0 fully saturated rings. The zero-order valence-electron chi connectivity index (χ0n) is 24.2. The first-order valence-corrected chi connectivity index (χ1v) is 16.1. The highest BCUT2D eigenvalue weighted by molar-refractivity contribution is 7.99. The van der Waals surface area contributed by atoms with Crippen LogP contribution < -0.4 is 0 Å². The standard InChI is InChI=1S/C41H25N3S/c1-2-11-27(12-3-1)44-35-19-6-4-13-29(35)30-25-26(21-22-36(30)44)28-14-8-16-34-40(28)45-37-20-7-5-15-31(37)41(34)32-17-9-23-42-38(32)39-33(41)18-10-24-43-39/h1-25H. The SMILES string of the molecule is c1ccc(-n2c3ccccc3c3cc(-c4cccc5c4Sc4ccccc4C54c5cccnc5-c5ncccc54)ccc32)cc1. The Hall–Kier alpha value is -5.45. The molecule has 5 aromatic carbocycles. The molecule has 2 aliphatic rings. The maximum Gasteiger partial charge on any atom is 0.0937 e. The summed E-state index contributed by atoms with van der Waals surface area (Å²) in [7, 11) is 0. The molecule has 8 aromatic rings. The Morgan fingerprint density at radius 1 is 0.511 bits per heavy atom. The second-order valence-electron chi connectivity index (χ2n) is 11.7. The second kappa shape index (κ2) is 9.28. The second-order valence-corrected chi connectivity index (χ2v) is 12.8. The predicted molar refractivity (Wildman–Crippen MR) is 183 cm³/mol. The fraction of sp³-hybridized carbons (Fsp3) is 0.0244. The number of nitrogens with zero attached hydrogens (tertiary/aromatic N) is 3. The van der Waals surface area contributed by atoms with Crippen molar-refractivity contribution in [2.75, 3.05) is 0 Å². The van der Waals surface area contributed by atoms with Gasteiger partial charge in [-0.2, -0.15) is 0 Å². The number of hydrogen-bond donors (Lipinski definition) is 0. The smallest absolute Gasteiger partial charge is 0.0937 e. The van der Waals surface area contributed by atoms with Gasteiger partial charge in [-0.25, -0.2) is 0 Å². The van der Waals surface area contributed by atoms with Crippen LogP contribution in [0.4, 0.5) is 0 Å². The van der Waals surface area contributed by atoms with Crippen LogP contribution in [0.1, 0.15) is 22.3 Å². The van der Waals surface area contributed by atoms with E-state index in [4.69, 9.17) is 9.97 Å². The molecule has 0 amide bonds. The van der Waals surface area contributed by atoms with E-state index in [0.29, 0.717) is 0 Å². The van der Waals surface area contributed by atoms with Crippen LogP contribution in [0.15, 0.2) is 162 Å². The van der Waals surface area contributed by atoms with Crippen LogP contribution in [0.5, 0.6) is 0 Å². The number of aromatic nitrogens is 3. The minimum atomic E-state index is -0.492. The van der Waals surface area contributed by atoms with Crippen LogP contribution in [0.2, 0.25) is 0 Å². The Morgan fingerprint density at radius 2 is 1.18 bits per heavy atom. The number of rotatable bonds is 2. The molecule has 0 atom stereocenters. The Morgan fingerprint density at radius 3 is 2.00 bits per heavy atom. The fourth-order valence-corrected chi connectivity index (χ4v) is 9.13. The van der Waals surface area contributed by atoms with Crippen LogP contribution in [0.3, 0.4) is 0 Å². The lowest BCUT2D eigenvalue weighted by molar-refractivity contribution is 0.720. The van der Waals surface area contributed by atoms with Crippen molar-refractivity contribution in [1.29, 1.82) is 0 Å². The van der Waals surface area contributed by atoms with Crippen LogP contribution >= 0.6 is 11.8 Å². The van der Waals surface area contributed by atoms with E-state index in [1.54, 1.807) is 0 Å². The van der Waals surface area contributed by atoms with Gasteiger partial charge in [0.1, 0.15) is 0 Å². The maximum absolute atomic E-state index is 4.90. The highest BCUT2D eigenvalue weighted by Crippen LogP contribution is 2.62.